The van der Waals surface area contributed by atoms with Crippen molar-refractivity contribution < 1.29 is 4.79 Å². The lowest BCUT2D eigenvalue weighted by atomic mass is 9.91. The second-order valence-electron chi connectivity index (χ2n) is 5.29. The first-order valence-electron chi connectivity index (χ1n) is 6.33. The number of Topliss-reactive ketones (excluding diaryl/α,β-unsaturated/α-hetero) is 1. The summed E-state index contributed by atoms with van der Waals surface area (Å²) in [6, 6.07) is 8.42. The first-order valence-corrected chi connectivity index (χ1v) is 6.71. The lowest BCUT2D eigenvalue weighted by Gasteiger charge is -2.36. The summed E-state index contributed by atoms with van der Waals surface area (Å²) in [7, 11) is 0. The predicted molar refractivity (Wildman–Crippen MR) is 72.7 cm³/mol. The van der Waals surface area contributed by atoms with Crippen molar-refractivity contribution in [2.75, 3.05) is 6.54 Å². The quantitative estimate of drug-likeness (QED) is 0.723. The summed E-state index contributed by atoms with van der Waals surface area (Å²) in [6.07, 6.45) is 2.27. The molecule has 2 atom stereocenters. The number of ketones is 1. The van der Waals surface area contributed by atoms with Gasteiger partial charge in [-0.05, 0) is 24.1 Å². The number of halogens is 1. The highest BCUT2D eigenvalue weighted by atomic mass is 35.5. The van der Waals surface area contributed by atoms with Crippen LogP contribution in [0.5, 0.6) is 0 Å². The van der Waals surface area contributed by atoms with Crippen LogP contribution in [0.2, 0.25) is 5.02 Å². The molecule has 3 heteroatoms. The van der Waals surface area contributed by atoms with Gasteiger partial charge in [-0.3, -0.25) is 9.69 Å². The minimum absolute atomic E-state index is 0.202. The van der Waals surface area contributed by atoms with E-state index in [-0.39, 0.29) is 6.04 Å². The van der Waals surface area contributed by atoms with E-state index < -0.39 is 0 Å². The summed E-state index contributed by atoms with van der Waals surface area (Å²) in [5.74, 6) is 0.367. The molecule has 18 heavy (non-hydrogen) atoms. The van der Waals surface area contributed by atoms with Crippen molar-refractivity contribution in [3.63, 3.8) is 0 Å². The average Bonchev–Trinajstić information content (AvgIpc) is 2.69. The predicted octanol–water partition coefficient (Wildman–Crippen LogP) is 3.37. The monoisotopic (exact) mass is 261 g/mol. The Morgan fingerprint density at radius 3 is 2.61 bits per heavy atom. The van der Waals surface area contributed by atoms with Gasteiger partial charge in [0.2, 0.25) is 0 Å². The molecule has 0 aliphatic carbocycles. The maximum absolute atomic E-state index is 11.9. The second kappa shape index (κ2) is 4.52. The largest absolute Gasteiger partial charge is 0.300 e. The Kier molecular flexibility index (Phi) is 3.00. The van der Waals surface area contributed by atoms with Gasteiger partial charge < -0.3 is 0 Å². The fourth-order valence-corrected chi connectivity index (χ4v) is 3.26. The summed E-state index contributed by atoms with van der Waals surface area (Å²) >= 11 is 5.92. The van der Waals surface area contributed by atoms with E-state index in [1.807, 2.05) is 24.3 Å². The van der Waals surface area contributed by atoms with Crippen LogP contribution in [0.1, 0.15) is 30.9 Å². The lowest BCUT2D eigenvalue weighted by Crippen LogP contribution is -2.40. The van der Waals surface area contributed by atoms with Gasteiger partial charge in [0, 0.05) is 36.5 Å². The number of rotatable bonds is 1. The zero-order valence-corrected chi connectivity index (χ0v) is 11.0. The minimum Gasteiger partial charge on any atom is -0.300 e. The molecular formula is C15H16ClNO. The van der Waals surface area contributed by atoms with Crippen molar-refractivity contribution in [3.05, 3.63) is 47.0 Å². The van der Waals surface area contributed by atoms with E-state index in [1.54, 1.807) is 0 Å². The Bertz CT molecular complexity index is 494. The summed E-state index contributed by atoms with van der Waals surface area (Å²) in [6.45, 7) is 4.99. The molecule has 2 nitrogen and oxygen atoms in total. The topological polar surface area (TPSA) is 20.3 Å². The Labute approximate surface area is 112 Å². The first-order chi connectivity index (χ1) is 8.63. The molecule has 0 N–H and O–H groups in total. The van der Waals surface area contributed by atoms with E-state index in [4.69, 9.17) is 11.6 Å². The Morgan fingerprint density at radius 2 is 1.89 bits per heavy atom. The zero-order valence-electron chi connectivity index (χ0n) is 10.2. The first kappa shape index (κ1) is 11.9. The minimum atomic E-state index is 0.202. The smallest absolute Gasteiger partial charge is 0.136 e. The van der Waals surface area contributed by atoms with Crippen LogP contribution in [-0.4, -0.2) is 23.3 Å². The summed E-state index contributed by atoms with van der Waals surface area (Å²) in [5.41, 5.74) is 2.43. The highest BCUT2D eigenvalue weighted by molar-refractivity contribution is 6.30. The standard InChI is InChI=1S/C15H16ClNO/c1-10-6-13-7-14(18)8-15(17(13)9-10)11-2-4-12(16)5-3-11/h2-5,13,15H,1,6-9H2/t13-,15+/m0/s1. The van der Waals surface area contributed by atoms with Crippen LogP contribution in [0.25, 0.3) is 0 Å². The number of carbonyl (C=O) groups excluding carboxylic acids is 1. The van der Waals surface area contributed by atoms with E-state index in [1.165, 1.54) is 11.1 Å². The molecule has 0 bridgehead atoms. The molecule has 0 aromatic heterocycles. The van der Waals surface area contributed by atoms with Crippen molar-refractivity contribution in [1.82, 2.24) is 4.90 Å². The Morgan fingerprint density at radius 1 is 1.17 bits per heavy atom. The highest BCUT2D eigenvalue weighted by Gasteiger charge is 2.39. The van der Waals surface area contributed by atoms with Crippen molar-refractivity contribution in [2.45, 2.75) is 31.3 Å². The summed E-state index contributed by atoms with van der Waals surface area (Å²) < 4.78 is 0. The zero-order chi connectivity index (χ0) is 12.7. The molecule has 2 heterocycles. The van der Waals surface area contributed by atoms with E-state index in [0.29, 0.717) is 24.7 Å². The molecule has 0 saturated carbocycles. The van der Waals surface area contributed by atoms with Crippen LogP contribution in [0, 0.1) is 0 Å². The number of hydrogen-bond acceptors (Lipinski definition) is 2. The molecule has 3 rings (SSSR count). The van der Waals surface area contributed by atoms with Crippen LogP contribution < -0.4 is 0 Å². The van der Waals surface area contributed by atoms with Gasteiger partial charge in [-0.15, -0.1) is 0 Å². The molecule has 1 aromatic rings. The van der Waals surface area contributed by atoms with Crippen molar-refractivity contribution in [2.24, 2.45) is 0 Å². The number of piperidine rings is 1. The fourth-order valence-electron chi connectivity index (χ4n) is 3.13. The van der Waals surface area contributed by atoms with E-state index in [2.05, 4.69) is 11.5 Å². The number of carbonyl (C=O) groups is 1. The Hall–Kier alpha value is -1.12. The molecule has 2 fully saturated rings. The molecule has 2 aliphatic rings. The molecule has 2 saturated heterocycles. The number of fused-ring (bicyclic) bond motifs is 1. The van der Waals surface area contributed by atoms with Crippen molar-refractivity contribution in [3.8, 4) is 0 Å². The third-order valence-electron chi connectivity index (χ3n) is 3.94. The SMILES string of the molecule is C=C1C[C@H]2CC(=O)C[C@H](c3ccc(Cl)cc3)N2C1. The molecule has 94 valence electrons. The van der Waals surface area contributed by atoms with Gasteiger partial charge >= 0.3 is 0 Å². The van der Waals surface area contributed by atoms with Gasteiger partial charge in [-0.25, -0.2) is 0 Å². The van der Waals surface area contributed by atoms with Gasteiger partial charge in [-0.2, -0.15) is 0 Å². The van der Waals surface area contributed by atoms with E-state index in [0.717, 1.165) is 18.0 Å². The van der Waals surface area contributed by atoms with Gasteiger partial charge in [0.05, 0.1) is 0 Å². The lowest BCUT2D eigenvalue weighted by molar-refractivity contribution is -0.124. The maximum atomic E-state index is 11.9. The van der Waals surface area contributed by atoms with E-state index in [9.17, 15) is 4.79 Å². The van der Waals surface area contributed by atoms with Crippen molar-refractivity contribution in [1.29, 1.82) is 0 Å². The average molecular weight is 262 g/mol. The normalized spacial score (nSPS) is 28.5. The van der Waals surface area contributed by atoms with Crippen molar-refractivity contribution >= 4 is 17.4 Å². The molecule has 0 radical (unpaired) electrons. The maximum Gasteiger partial charge on any atom is 0.136 e. The molecule has 2 aliphatic heterocycles. The van der Waals surface area contributed by atoms with Crippen LogP contribution in [-0.2, 0) is 4.79 Å². The molecule has 0 unspecified atom stereocenters. The van der Waals surface area contributed by atoms with Gasteiger partial charge in [-0.1, -0.05) is 35.9 Å². The summed E-state index contributed by atoms with van der Waals surface area (Å²) in [5, 5.41) is 0.739. The van der Waals surface area contributed by atoms with Gasteiger partial charge in [0.1, 0.15) is 5.78 Å². The molecule has 0 amide bonds. The van der Waals surface area contributed by atoms with Crippen LogP contribution in [0.15, 0.2) is 36.4 Å². The van der Waals surface area contributed by atoms with Gasteiger partial charge in [0.15, 0.2) is 0 Å². The number of nitrogens with zero attached hydrogens (tertiary/aromatic N) is 1. The molecular weight excluding hydrogens is 246 g/mol. The van der Waals surface area contributed by atoms with Crippen LogP contribution in [0.4, 0.5) is 0 Å². The Balaban J connectivity index is 1.91. The van der Waals surface area contributed by atoms with E-state index >= 15 is 0 Å². The molecule has 0 spiro atoms. The second-order valence-corrected chi connectivity index (χ2v) is 5.73. The molecule has 1 aromatic carbocycles. The third-order valence-corrected chi connectivity index (χ3v) is 4.19. The van der Waals surface area contributed by atoms with Crippen LogP contribution >= 0.6 is 11.6 Å². The number of hydrogen-bond donors (Lipinski definition) is 0. The van der Waals surface area contributed by atoms with Gasteiger partial charge in [0.25, 0.3) is 0 Å². The van der Waals surface area contributed by atoms with Crippen LogP contribution in [0.3, 0.4) is 0 Å². The summed E-state index contributed by atoms with van der Waals surface area (Å²) in [4.78, 5) is 14.3. The number of benzene rings is 1. The highest BCUT2D eigenvalue weighted by Crippen LogP contribution is 2.39. The third kappa shape index (κ3) is 2.11. The fraction of sp³-hybridized carbons (Fsp3) is 0.400.